The molecule has 1 aromatic carbocycles. The van der Waals surface area contributed by atoms with E-state index >= 15 is 0 Å². The summed E-state index contributed by atoms with van der Waals surface area (Å²) in [6, 6.07) is 3.48. The molecule has 18 heavy (non-hydrogen) atoms. The molecule has 0 spiro atoms. The van der Waals surface area contributed by atoms with E-state index in [-0.39, 0.29) is 12.0 Å². The number of carbonyl (C=O) groups excluding carboxylic acids is 1. The molecule has 0 fully saturated rings. The summed E-state index contributed by atoms with van der Waals surface area (Å²) >= 11 is 0. The van der Waals surface area contributed by atoms with Crippen LogP contribution in [0.3, 0.4) is 0 Å². The van der Waals surface area contributed by atoms with Gasteiger partial charge in [-0.2, -0.15) is 0 Å². The van der Waals surface area contributed by atoms with E-state index in [1.165, 1.54) is 7.11 Å². The Labute approximate surface area is 105 Å². The van der Waals surface area contributed by atoms with Crippen LogP contribution in [0.5, 0.6) is 11.5 Å². The molecule has 5 heteroatoms. The zero-order valence-electron chi connectivity index (χ0n) is 10.6. The fourth-order valence-electron chi connectivity index (χ4n) is 2.36. The van der Waals surface area contributed by atoms with Gasteiger partial charge in [0.15, 0.2) is 11.5 Å². The zero-order chi connectivity index (χ0) is 12.9. The number of benzene rings is 1. The number of ether oxygens (including phenoxy) is 3. The average molecular weight is 249 g/mol. The summed E-state index contributed by atoms with van der Waals surface area (Å²) in [4.78, 5) is 11.5. The molecule has 2 heterocycles. The first-order valence-electron chi connectivity index (χ1n) is 5.88. The molecule has 1 unspecified atom stereocenters. The summed E-state index contributed by atoms with van der Waals surface area (Å²) in [6.07, 6.45) is 0.610. The summed E-state index contributed by atoms with van der Waals surface area (Å²) in [5.41, 5.74) is 1.95. The maximum Gasteiger partial charge on any atom is 0.328 e. The second-order valence-electron chi connectivity index (χ2n) is 4.98. The second kappa shape index (κ2) is 3.54. The van der Waals surface area contributed by atoms with Gasteiger partial charge in [0, 0.05) is 32.0 Å². The van der Waals surface area contributed by atoms with Crippen molar-refractivity contribution in [2.75, 3.05) is 12.4 Å². The third kappa shape index (κ3) is 1.66. The fraction of sp³-hybridized carbons (Fsp3) is 0.462. The number of carbonyl (C=O) groups is 1. The third-order valence-corrected chi connectivity index (χ3v) is 3.12. The molecule has 1 N–H and O–H groups in total. The van der Waals surface area contributed by atoms with Crippen LogP contribution in [0.2, 0.25) is 0 Å². The lowest BCUT2D eigenvalue weighted by Crippen LogP contribution is -2.30. The van der Waals surface area contributed by atoms with E-state index in [9.17, 15) is 4.79 Å². The van der Waals surface area contributed by atoms with Gasteiger partial charge in [0.1, 0.15) is 6.04 Å². The van der Waals surface area contributed by atoms with Crippen molar-refractivity contribution in [1.82, 2.24) is 0 Å². The number of hydrogen-bond donors (Lipinski definition) is 1. The summed E-state index contributed by atoms with van der Waals surface area (Å²) in [5, 5.41) is 3.13. The molecule has 1 aromatic rings. The average Bonchev–Trinajstić information content (AvgIpc) is 2.82. The van der Waals surface area contributed by atoms with Gasteiger partial charge in [-0.1, -0.05) is 0 Å². The van der Waals surface area contributed by atoms with Crippen molar-refractivity contribution in [3.63, 3.8) is 0 Å². The van der Waals surface area contributed by atoms with Gasteiger partial charge < -0.3 is 19.5 Å². The van der Waals surface area contributed by atoms with Crippen molar-refractivity contribution >= 4 is 11.7 Å². The predicted octanol–water partition coefficient (Wildman–Crippen LogP) is 1.70. The molecular weight excluding hydrogens is 234 g/mol. The van der Waals surface area contributed by atoms with E-state index < -0.39 is 5.79 Å². The van der Waals surface area contributed by atoms with Gasteiger partial charge in [0.2, 0.25) is 5.79 Å². The fourth-order valence-corrected chi connectivity index (χ4v) is 2.36. The smallest absolute Gasteiger partial charge is 0.328 e. The molecule has 0 saturated carbocycles. The molecule has 2 aliphatic heterocycles. The molecule has 1 atom stereocenters. The lowest BCUT2D eigenvalue weighted by Gasteiger charge is -2.16. The SMILES string of the molecule is COC(=O)C1Cc2cc3c(cc2N1)OC(C)(C)O3. The Kier molecular flexibility index (Phi) is 2.20. The molecule has 0 saturated heterocycles. The van der Waals surface area contributed by atoms with E-state index in [0.29, 0.717) is 12.2 Å². The highest BCUT2D eigenvalue weighted by molar-refractivity contribution is 5.83. The van der Waals surface area contributed by atoms with E-state index in [2.05, 4.69) is 5.32 Å². The van der Waals surface area contributed by atoms with Gasteiger partial charge in [0.25, 0.3) is 0 Å². The maximum absolute atomic E-state index is 11.5. The van der Waals surface area contributed by atoms with Gasteiger partial charge in [0.05, 0.1) is 7.11 Å². The van der Waals surface area contributed by atoms with Crippen LogP contribution in [-0.4, -0.2) is 24.9 Å². The molecule has 96 valence electrons. The number of nitrogens with one attached hydrogen (secondary N) is 1. The van der Waals surface area contributed by atoms with Gasteiger partial charge >= 0.3 is 5.97 Å². The highest BCUT2D eigenvalue weighted by Crippen LogP contribution is 2.44. The molecule has 3 rings (SSSR count). The Morgan fingerprint density at radius 3 is 2.72 bits per heavy atom. The standard InChI is InChI=1S/C13H15NO4/c1-13(2)17-10-5-7-4-9(12(15)16-3)14-8(7)6-11(10)18-13/h5-6,9,14H,4H2,1-3H3. The van der Waals surface area contributed by atoms with Crippen LogP contribution in [0.15, 0.2) is 12.1 Å². The molecule has 0 bridgehead atoms. The van der Waals surface area contributed by atoms with Crippen LogP contribution in [0, 0.1) is 0 Å². The van der Waals surface area contributed by atoms with Crippen molar-refractivity contribution < 1.29 is 19.0 Å². The summed E-state index contributed by atoms with van der Waals surface area (Å²) in [6.45, 7) is 3.73. The van der Waals surface area contributed by atoms with Crippen molar-refractivity contribution in [3.05, 3.63) is 17.7 Å². The first-order valence-corrected chi connectivity index (χ1v) is 5.88. The first-order chi connectivity index (χ1) is 8.48. The Hall–Kier alpha value is -1.91. The topological polar surface area (TPSA) is 56.8 Å². The van der Waals surface area contributed by atoms with E-state index in [4.69, 9.17) is 14.2 Å². The largest absolute Gasteiger partial charge is 0.467 e. The maximum atomic E-state index is 11.5. The predicted molar refractivity (Wildman–Crippen MR) is 64.9 cm³/mol. The lowest BCUT2D eigenvalue weighted by atomic mass is 10.1. The Bertz CT molecular complexity index is 487. The monoisotopic (exact) mass is 249 g/mol. The normalized spacial score (nSPS) is 22.3. The minimum absolute atomic E-state index is 0.256. The van der Waals surface area contributed by atoms with Crippen molar-refractivity contribution in [2.45, 2.75) is 32.1 Å². The second-order valence-corrected chi connectivity index (χ2v) is 4.98. The van der Waals surface area contributed by atoms with Crippen molar-refractivity contribution in [3.8, 4) is 11.5 Å². The molecular formula is C13H15NO4. The molecule has 5 nitrogen and oxygen atoms in total. The summed E-state index contributed by atoms with van der Waals surface area (Å²) in [7, 11) is 1.39. The quantitative estimate of drug-likeness (QED) is 0.768. The number of anilines is 1. The van der Waals surface area contributed by atoms with Crippen LogP contribution in [0.4, 0.5) is 5.69 Å². The van der Waals surface area contributed by atoms with Crippen LogP contribution in [0.1, 0.15) is 19.4 Å². The van der Waals surface area contributed by atoms with Gasteiger partial charge in [-0.15, -0.1) is 0 Å². The molecule has 0 aromatic heterocycles. The Morgan fingerprint density at radius 2 is 2.06 bits per heavy atom. The number of hydrogen-bond acceptors (Lipinski definition) is 5. The van der Waals surface area contributed by atoms with Gasteiger partial charge in [-0.05, 0) is 11.6 Å². The van der Waals surface area contributed by atoms with E-state index in [0.717, 1.165) is 17.0 Å². The Balaban J connectivity index is 1.89. The van der Waals surface area contributed by atoms with Gasteiger partial charge in [-0.3, -0.25) is 0 Å². The van der Waals surface area contributed by atoms with E-state index in [1.54, 1.807) is 0 Å². The van der Waals surface area contributed by atoms with E-state index in [1.807, 2.05) is 26.0 Å². The number of esters is 1. The third-order valence-electron chi connectivity index (χ3n) is 3.12. The highest BCUT2D eigenvalue weighted by Gasteiger charge is 2.35. The van der Waals surface area contributed by atoms with Gasteiger partial charge in [-0.25, -0.2) is 4.79 Å². The highest BCUT2D eigenvalue weighted by atomic mass is 16.7. The minimum atomic E-state index is -0.626. The van der Waals surface area contributed by atoms with Crippen molar-refractivity contribution in [1.29, 1.82) is 0 Å². The molecule has 0 amide bonds. The molecule has 0 radical (unpaired) electrons. The Morgan fingerprint density at radius 1 is 1.39 bits per heavy atom. The number of fused-ring (bicyclic) bond motifs is 2. The number of methoxy groups -OCH3 is 1. The number of rotatable bonds is 1. The van der Waals surface area contributed by atoms with Crippen LogP contribution in [-0.2, 0) is 16.0 Å². The zero-order valence-corrected chi connectivity index (χ0v) is 10.6. The van der Waals surface area contributed by atoms with Crippen LogP contribution < -0.4 is 14.8 Å². The summed E-state index contributed by atoms with van der Waals surface area (Å²) < 4.78 is 16.1. The molecule has 0 aliphatic carbocycles. The first kappa shape index (κ1) is 11.2. The molecule has 2 aliphatic rings. The minimum Gasteiger partial charge on any atom is -0.467 e. The lowest BCUT2D eigenvalue weighted by molar-refractivity contribution is -0.141. The summed E-state index contributed by atoms with van der Waals surface area (Å²) in [5.74, 6) is 0.551. The van der Waals surface area contributed by atoms with Crippen LogP contribution in [0.25, 0.3) is 0 Å². The van der Waals surface area contributed by atoms with Crippen LogP contribution >= 0.6 is 0 Å². The van der Waals surface area contributed by atoms with Crippen molar-refractivity contribution in [2.24, 2.45) is 0 Å².